The van der Waals surface area contributed by atoms with E-state index in [0.29, 0.717) is 23.3 Å². The first kappa shape index (κ1) is 20.7. The molecule has 0 unspecified atom stereocenters. The second-order valence-corrected chi connectivity index (χ2v) is 9.72. The molecule has 6 heteroatoms. The van der Waals surface area contributed by atoms with Gasteiger partial charge in [-0.1, -0.05) is 59.7 Å². The highest BCUT2D eigenvalue weighted by Crippen LogP contribution is 2.47. The molecule has 4 rings (SSSR count). The predicted molar refractivity (Wildman–Crippen MR) is 116 cm³/mol. The van der Waals surface area contributed by atoms with Crippen molar-refractivity contribution in [1.29, 1.82) is 0 Å². The monoisotopic (exact) mass is 423 g/mol. The molecule has 30 heavy (non-hydrogen) atoms. The maximum Gasteiger partial charge on any atom is 0.330 e. The molecule has 0 radical (unpaired) electrons. The lowest BCUT2D eigenvalue weighted by Gasteiger charge is -2.30. The summed E-state index contributed by atoms with van der Waals surface area (Å²) in [6.07, 6.45) is 0.122. The summed E-state index contributed by atoms with van der Waals surface area (Å²) < 4.78 is 5.81. The van der Waals surface area contributed by atoms with Crippen molar-refractivity contribution in [3.05, 3.63) is 70.8 Å². The molecule has 1 amide bonds. The van der Waals surface area contributed by atoms with E-state index in [4.69, 9.17) is 4.74 Å². The van der Waals surface area contributed by atoms with E-state index in [2.05, 4.69) is 0 Å². The zero-order valence-electron chi connectivity index (χ0n) is 17.4. The molecule has 0 N–H and O–H groups in total. The summed E-state index contributed by atoms with van der Waals surface area (Å²) in [5.74, 6) is -0.331. The predicted octanol–water partition coefficient (Wildman–Crippen LogP) is 4.22. The van der Waals surface area contributed by atoms with Gasteiger partial charge in [0.15, 0.2) is 6.10 Å². The first-order chi connectivity index (χ1) is 14.3. The van der Waals surface area contributed by atoms with E-state index < -0.39 is 18.1 Å². The molecule has 156 valence electrons. The molecule has 2 aliphatic heterocycles. The van der Waals surface area contributed by atoms with Gasteiger partial charge in [0.1, 0.15) is 6.04 Å². The topological polar surface area (TPSA) is 63.7 Å². The van der Waals surface area contributed by atoms with Crippen LogP contribution in [0.25, 0.3) is 0 Å². The number of Topliss-reactive ketones (excluding diaryl/α,β-unsaturated/α-hetero) is 1. The Balaban J connectivity index is 1.62. The van der Waals surface area contributed by atoms with Crippen molar-refractivity contribution >= 4 is 29.4 Å². The minimum absolute atomic E-state index is 0.0267. The molecule has 2 aromatic rings. The molecule has 2 aromatic carbocycles. The van der Waals surface area contributed by atoms with E-state index in [1.807, 2.05) is 57.2 Å². The van der Waals surface area contributed by atoms with Crippen molar-refractivity contribution in [2.75, 3.05) is 5.75 Å². The fourth-order valence-electron chi connectivity index (χ4n) is 4.07. The normalized spacial score (nSPS) is 23.9. The van der Waals surface area contributed by atoms with E-state index >= 15 is 0 Å². The fraction of sp³-hybridized carbons (Fsp3) is 0.375. The minimum Gasteiger partial charge on any atom is -0.447 e. The summed E-state index contributed by atoms with van der Waals surface area (Å²) >= 11 is 1.61. The molecule has 0 saturated carbocycles. The van der Waals surface area contributed by atoms with E-state index in [1.165, 1.54) is 0 Å². The Hall–Kier alpha value is -2.60. The number of nitrogens with zero attached hydrogens (tertiary/aromatic N) is 1. The summed E-state index contributed by atoms with van der Waals surface area (Å²) in [6.45, 7) is 5.90. The van der Waals surface area contributed by atoms with Gasteiger partial charge in [-0.3, -0.25) is 9.59 Å². The highest BCUT2D eigenvalue weighted by molar-refractivity contribution is 8.01. The van der Waals surface area contributed by atoms with Crippen molar-refractivity contribution in [3.8, 4) is 0 Å². The van der Waals surface area contributed by atoms with Gasteiger partial charge in [0.25, 0.3) is 0 Å². The van der Waals surface area contributed by atoms with Gasteiger partial charge in [-0.05, 0) is 27.2 Å². The van der Waals surface area contributed by atoms with Gasteiger partial charge in [-0.2, -0.15) is 0 Å². The van der Waals surface area contributed by atoms with E-state index in [1.54, 1.807) is 28.8 Å². The zero-order chi connectivity index (χ0) is 21.5. The number of ether oxygens (including phenoxy) is 1. The number of fused-ring (bicyclic) bond motifs is 1. The van der Waals surface area contributed by atoms with Gasteiger partial charge in [0.2, 0.25) is 11.7 Å². The standard InChI is InChI=1S/C24H25NO4S/c1-15-4-8-17(9-5-15)21(27)22(18-10-6-16(2)7-11-18)29-23(28)19-14-30-24(3)13-12-20(26)25(19)24/h4-11,19,22H,12-14H2,1-3H3/t19-,22-,24+/m1/s1. The van der Waals surface area contributed by atoms with Crippen LogP contribution >= 0.6 is 11.8 Å². The Morgan fingerprint density at radius 2 is 1.67 bits per heavy atom. The molecule has 0 bridgehead atoms. The van der Waals surface area contributed by atoms with Crippen LogP contribution < -0.4 is 0 Å². The number of rotatable bonds is 5. The van der Waals surface area contributed by atoms with Crippen molar-refractivity contribution in [1.82, 2.24) is 4.90 Å². The lowest BCUT2D eigenvalue weighted by atomic mass is 9.98. The average Bonchev–Trinajstić information content (AvgIpc) is 3.22. The van der Waals surface area contributed by atoms with Crippen LogP contribution in [0.3, 0.4) is 0 Å². The number of carbonyl (C=O) groups excluding carboxylic acids is 3. The quantitative estimate of drug-likeness (QED) is 0.532. The van der Waals surface area contributed by atoms with Gasteiger partial charge in [0, 0.05) is 23.3 Å². The summed E-state index contributed by atoms with van der Waals surface area (Å²) in [4.78, 5) is 40.1. The highest BCUT2D eigenvalue weighted by atomic mass is 32.2. The van der Waals surface area contributed by atoms with Gasteiger partial charge in [0.05, 0.1) is 4.87 Å². The number of ketones is 1. The van der Waals surface area contributed by atoms with E-state index in [9.17, 15) is 14.4 Å². The number of carbonyl (C=O) groups is 3. The number of thioether (sulfide) groups is 1. The van der Waals surface area contributed by atoms with E-state index in [0.717, 1.165) is 17.5 Å². The molecular formula is C24H25NO4S. The zero-order valence-corrected chi connectivity index (χ0v) is 18.2. The first-order valence-electron chi connectivity index (χ1n) is 10.1. The summed E-state index contributed by atoms with van der Waals surface area (Å²) in [7, 11) is 0. The van der Waals surface area contributed by atoms with Crippen molar-refractivity contribution in [2.45, 2.75) is 50.6 Å². The first-order valence-corrected chi connectivity index (χ1v) is 11.1. The van der Waals surface area contributed by atoms with E-state index in [-0.39, 0.29) is 16.6 Å². The summed E-state index contributed by atoms with van der Waals surface area (Å²) in [5, 5.41) is 0. The fourth-order valence-corrected chi connectivity index (χ4v) is 5.49. The maximum absolute atomic E-state index is 13.3. The lowest BCUT2D eigenvalue weighted by Crippen LogP contribution is -2.47. The number of hydrogen-bond donors (Lipinski definition) is 0. The molecule has 2 fully saturated rings. The van der Waals surface area contributed by atoms with Crippen molar-refractivity contribution in [3.63, 3.8) is 0 Å². The molecule has 2 heterocycles. The Morgan fingerprint density at radius 1 is 1.07 bits per heavy atom. The van der Waals surface area contributed by atoms with Gasteiger partial charge in [-0.15, -0.1) is 11.8 Å². The number of hydrogen-bond acceptors (Lipinski definition) is 5. The largest absolute Gasteiger partial charge is 0.447 e. The second-order valence-electron chi connectivity index (χ2n) is 8.22. The summed E-state index contributed by atoms with van der Waals surface area (Å²) in [6, 6.07) is 14.0. The molecular weight excluding hydrogens is 398 g/mol. The third kappa shape index (κ3) is 3.76. The van der Waals surface area contributed by atoms with Gasteiger partial charge in [-0.25, -0.2) is 4.79 Å². The molecule has 0 spiro atoms. The van der Waals surface area contributed by atoms with Crippen LogP contribution in [0, 0.1) is 13.8 Å². The third-order valence-electron chi connectivity index (χ3n) is 5.91. The second kappa shape index (κ2) is 7.91. The molecule has 0 aromatic heterocycles. The van der Waals surface area contributed by atoms with Gasteiger partial charge >= 0.3 is 5.97 Å². The average molecular weight is 424 g/mol. The third-order valence-corrected chi connectivity index (χ3v) is 7.41. The number of benzene rings is 2. The highest BCUT2D eigenvalue weighted by Gasteiger charge is 2.54. The summed E-state index contributed by atoms with van der Waals surface area (Å²) in [5.41, 5.74) is 3.21. The van der Waals surface area contributed by atoms with Gasteiger partial charge < -0.3 is 9.64 Å². The van der Waals surface area contributed by atoms with Crippen LogP contribution in [0.15, 0.2) is 48.5 Å². The van der Waals surface area contributed by atoms with Crippen LogP contribution in [0.2, 0.25) is 0 Å². The lowest BCUT2D eigenvalue weighted by molar-refractivity contribution is -0.156. The molecule has 2 saturated heterocycles. The minimum atomic E-state index is -1.05. The van der Waals surface area contributed by atoms with Crippen LogP contribution in [0.5, 0.6) is 0 Å². The van der Waals surface area contributed by atoms with Crippen LogP contribution in [0.4, 0.5) is 0 Å². The van der Waals surface area contributed by atoms with Crippen LogP contribution in [-0.2, 0) is 14.3 Å². The van der Waals surface area contributed by atoms with Crippen molar-refractivity contribution < 1.29 is 19.1 Å². The number of amides is 1. The maximum atomic E-state index is 13.3. The molecule has 3 atom stereocenters. The molecule has 2 aliphatic rings. The van der Waals surface area contributed by atoms with Crippen molar-refractivity contribution in [2.24, 2.45) is 0 Å². The SMILES string of the molecule is Cc1ccc(C(=O)[C@H](OC(=O)[C@H]2CS[C@@]3(C)CCC(=O)N23)c2ccc(C)cc2)cc1. The Labute approximate surface area is 180 Å². The number of esters is 1. The Kier molecular flexibility index (Phi) is 5.45. The molecule has 5 nitrogen and oxygen atoms in total. The molecule has 0 aliphatic carbocycles. The van der Waals surface area contributed by atoms with Crippen LogP contribution in [0.1, 0.15) is 52.9 Å². The van der Waals surface area contributed by atoms with Crippen LogP contribution in [-0.4, -0.2) is 39.2 Å². The Morgan fingerprint density at radius 3 is 2.30 bits per heavy atom. The number of aryl methyl sites for hydroxylation is 2. The Bertz CT molecular complexity index is 985. The smallest absolute Gasteiger partial charge is 0.330 e.